The van der Waals surface area contributed by atoms with Crippen molar-refractivity contribution < 1.29 is 36.1 Å². The van der Waals surface area contributed by atoms with E-state index in [0.717, 1.165) is 90.8 Å². The number of fused-ring (bicyclic) bond motifs is 2. The SMILES string of the molecule is C=C(N)c1ccc(CCCC)c(F)c1-c1c(Cl)c(F)cc2c1C(C)C(c1ccccc1)C2.C=CNCCC(CCC1CCCCC1)CN(CCC)CC[CH-]c1ccc2c(N(CCC)C(=C)NC=C)nn(C)c2c1.CN.[CH3-].[Cd+2]. The van der Waals surface area contributed by atoms with E-state index in [2.05, 4.69) is 117 Å². The van der Waals surface area contributed by atoms with E-state index in [4.69, 9.17) is 22.4 Å². The minimum absolute atomic E-state index is 0. The molecule has 3 atom stereocenters. The molecule has 8 nitrogen and oxygen atoms in total. The van der Waals surface area contributed by atoms with Crippen molar-refractivity contribution in [3.05, 3.63) is 175 Å². The Morgan fingerprint density at radius 3 is 2.29 bits per heavy atom. The standard InChI is InChI=1S/C35H57N6.C28H28ClF2N.CH5N.CH3.Cd/c1-7-24-40(28-32(22-23-36-9-3)19-18-30-15-12-11-13-16-30)26-14-17-31-20-21-33-34(27-31)39(6)38-35(33)41(25-8-2)29(5)37-10-4;1-4-5-9-19-12-13-21(17(3)32)25(28(19)31)26-24-16(2)22(18-10-7-6-8-11-18)14-20(24)15-23(30)27(26)29;1-2;;/h9-10,17,20-21,27,30,32,36-37H,3-5,7-8,11-16,18-19,22-26,28H2,1-2,6H3;6-8,10-13,15-16,22H,3-5,9,14,32H2,1-2H3;2H2,1H3;1H3;/q-1;;;-1;+2. The molecule has 0 bridgehead atoms. The zero-order chi connectivity index (χ0) is 54.4. The molecule has 5 aromatic rings. The van der Waals surface area contributed by atoms with E-state index in [1.165, 1.54) is 95.1 Å². The van der Waals surface area contributed by atoms with Crippen LogP contribution in [0.15, 0.2) is 111 Å². The van der Waals surface area contributed by atoms with E-state index >= 15 is 8.78 Å². The van der Waals surface area contributed by atoms with Crippen LogP contribution in [0, 0.1) is 37.3 Å². The van der Waals surface area contributed by atoms with Crippen LogP contribution in [-0.2, 0) is 47.2 Å². The van der Waals surface area contributed by atoms with Gasteiger partial charge in [0.2, 0.25) is 0 Å². The number of aryl methyl sites for hydroxylation is 2. The van der Waals surface area contributed by atoms with Gasteiger partial charge in [-0.1, -0.05) is 159 Å². The molecule has 4 aromatic carbocycles. The molecular weight excluding hydrogens is 1080 g/mol. The van der Waals surface area contributed by atoms with Crippen molar-refractivity contribution in [1.29, 1.82) is 0 Å². The maximum Gasteiger partial charge on any atom is 2.00 e. The van der Waals surface area contributed by atoms with Crippen LogP contribution in [-0.4, -0.2) is 54.5 Å². The molecule has 1 saturated carbocycles. The third-order valence-corrected chi connectivity index (χ3v) is 15.6. The molecule has 2 aliphatic carbocycles. The number of unbranched alkanes of at least 4 members (excludes halogenated alkanes) is 1. The molecule has 6 N–H and O–H groups in total. The van der Waals surface area contributed by atoms with Gasteiger partial charge in [0.1, 0.15) is 17.5 Å². The van der Waals surface area contributed by atoms with Crippen molar-refractivity contribution in [2.45, 2.75) is 136 Å². The number of hydrogen-bond donors (Lipinski definition) is 4. The van der Waals surface area contributed by atoms with Gasteiger partial charge < -0.3 is 39.3 Å². The number of nitrogens with zero attached hydrogens (tertiary/aromatic N) is 4. The quantitative estimate of drug-likeness (QED) is 0.0236. The minimum atomic E-state index is -0.534. The smallest absolute Gasteiger partial charge is 0.399 e. The molecule has 0 radical (unpaired) electrons. The summed E-state index contributed by atoms with van der Waals surface area (Å²) >= 11 is 6.56. The molecule has 1 heterocycles. The molecule has 0 spiro atoms. The van der Waals surface area contributed by atoms with Gasteiger partial charge in [-0.3, -0.25) is 4.68 Å². The van der Waals surface area contributed by atoms with E-state index in [0.29, 0.717) is 29.5 Å². The van der Waals surface area contributed by atoms with Crippen molar-refractivity contribution in [1.82, 2.24) is 25.3 Å². The normalized spacial score (nSPS) is 15.1. The van der Waals surface area contributed by atoms with E-state index in [-0.39, 0.29) is 68.7 Å². The van der Waals surface area contributed by atoms with Crippen molar-refractivity contribution in [3.8, 4) is 11.1 Å². The Kier molecular flexibility index (Phi) is 29.8. The Balaban J connectivity index is 0.000000392. The van der Waals surface area contributed by atoms with E-state index < -0.39 is 5.82 Å². The fraction of sp³-hybridized carbons (Fsp3) is 0.462. The van der Waals surface area contributed by atoms with E-state index in [1.54, 1.807) is 18.3 Å². The minimum Gasteiger partial charge on any atom is -0.399 e. The molecule has 12 heteroatoms. The van der Waals surface area contributed by atoms with Gasteiger partial charge in [-0.05, 0) is 129 Å². The molecule has 1 aromatic heterocycles. The molecular formula is C65H93CdClF2N8. The van der Waals surface area contributed by atoms with Crippen molar-refractivity contribution in [2.24, 2.45) is 30.4 Å². The maximum atomic E-state index is 16.0. The molecule has 0 amide bonds. The van der Waals surface area contributed by atoms with Crippen LogP contribution in [0.4, 0.5) is 14.6 Å². The van der Waals surface area contributed by atoms with Gasteiger partial charge in [0.25, 0.3) is 0 Å². The van der Waals surface area contributed by atoms with Gasteiger partial charge in [0.05, 0.1) is 5.02 Å². The molecule has 0 saturated heterocycles. The number of anilines is 1. The number of aromatic nitrogens is 2. The first-order valence-electron chi connectivity index (χ1n) is 28.0. The second-order valence-electron chi connectivity index (χ2n) is 20.6. The zero-order valence-electron chi connectivity index (χ0n) is 48.1. The van der Waals surface area contributed by atoms with Gasteiger partial charge in [0.15, 0.2) is 5.82 Å². The number of nitrogens with one attached hydrogen (secondary N) is 2. The third-order valence-electron chi connectivity index (χ3n) is 15.3. The number of benzene rings is 4. The maximum absolute atomic E-state index is 16.0. The predicted octanol–water partition coefficient (Wildman–Crippen LogP) is 15.8. The van der Waals surface area contributed by atoms with Gasteiger partial charge in [-0.15, -0.1) is 12.1 Å². The number of halogens is 3. The summed E-state index contributed by atoms with van der Waals surface area (Å²) in [5.41, 5.74) is 17.9. The van der Waals surface area contributed by atoms with Crippen LogP contribution in [0.25, 0.3) is 27.7 Å². The third kappa shape index (κ3) is 17.9. The fourth-order valence-electron chi connectivity index (χ4n) is 11.5. The van der Waals surface area contributed by atoms with Gasteiger partial charge >= 0.3 is 27.3 Å². The summed E-state index contributed by atoms with van der Waals surface area (Å²) in [4.78, 5) is 4.85. The Hall–Kier alpha value is -4.63. The molecule has 0 aliphatic heterocycles. The predicted molar refractivity (Wildman–Crippen MR) is 324 cm³/mol. The van der Waals surface area contributed by atoms with Gasteiger partial charge in [-0.25, -0.2) is 8.78 Å². The summed E-state index contributed by atoms with van der Waals surface area (Å²) in [7, 11) is 3.53. The Morgan fingerprint density at radius 1 is 0.922 bits per heavy atom. The summed E-state index contributed by atoms with van der Waals surface area (Å²) in [6, 6.07) is 21.9. The monoisotopic (exact) mass is 1170 g/mol. The van der Waals surface area contributed by atoms with Crippen LogP contribution < -0.4 is 27.0 Å². The largest absolute Gasteiger partial charge is 2.00 e. The van der Waals surface area contributed by atoms with Crippen LogP contribution in [0.3, 0.4) is 0 Å². The second-order valence-corrected chi connectivity index (χ2v) is 21.0. The van der Waals surface area contributed by atoms with Gasteiger partial charge in [0, 0.05) is 60.0 Å². The number of nitrogens with two attached hydrogens (primary N) is 2. The molecule has 77 heavy (non-hydrogen) atoms. The average molecular weight is 1170 g/mol. The summed E-state index contributed by atoms with van der Waals surface area (Å²) < 4.78 is 33.0. The number of rotatable bonds is 27. The van der Waals surface area contributed by atoms with Crippen LogP contribution in [0.2, 0.25) is 5.02 Å². The molecule has 3 unspecified atom stereocenters. The van der Waals surface area contributed by atoms with Crippen molar-refractivity contribution >= 4 is 34.0 Å². The first-order valence-corrected chi connectivity index (χ1v) is 28.3. The summed E-state index contributed by atoms with van der Waals surface area (Å²) in [5, 5.41) is 12.5. The Bertz CT molecular complexity index is 2610. The molecule has 1 fully saturated rings. The number of hydrogen-bond acceptors (Lipinski definition) is 7. The van der Waals surface area contributed by atoms with E-state index in [9.17, 15) is 0 Å². The van der Waals surface area contributed by atoms with E-state index in [1.807, 2.05) is 36.1 Å². The fourth-order valence-corrected chi connectivity index (χ4v) is 11.7. The first-order chi connectivity index (χ1) is 36.3. The Morgan fingerprint density at radius 2 is 1.64 bits per heavy atom. The second kappa shape index (κ2) is 34.4. The average Bonchev–Trinajstić information content (AvgIpc) is 3.93. The summed E-state index contributed by atoms with van der Waals surface area (Å²) in [6.45, 7) is 29.7. The van der Waals surface area contributed by atoms with Crippen molar-refractivity contribution in [3.63, 3.8) is 0 Å². The molecule has 7 rings (SSSR count). The van der Waals surface area contributed by atoms with Gasteiger partial charge in [-0.2, -0.15) is 23.1 Å². The topological polar surface area (TPSA) is 100 Å². The molecule has 416 valence electrons. The van der Waals surface area contributed by atoms with Crippen molar-refractivity contribution in [2.75, 3.05) is 44.7 Å². The van der Waals surface area contributed by atoms with Crippen LogP contribution >= 0.6 is 11.6 Å². The Labute approximate surface area is 489 Å². The summed E-state index contributed by atoms with van der Waals surface area (Å²) in [5.74, 6) is 2.73. The first kappa shape index (κ1) is 66.7. The zero-order valence-corrected chi connectivity index (χ0v) is 52.9. The van der Waals surface area contributed by atoms with Crippen LogP contribution in [0.5, 0.6) is 0 Å². The molecule has 2 aliphatic rings. The van der Waals surface area contributed by atoms with Crippen LogP contribution in [0.1, 0.15) is 156 Å². The summed E-state index contributed by atoms with van der Waals surface area (Å²) in [6.07, 6.45) is 23.5.